The Labute approximate surface area is 179 Å². The molecule has 1 heterocycles. The molecular formula is C20H23ClN4O3S. The highest BCUT2D eigenvalue weighted by molar-refractivity contribution is 7.71. The van der Waals surface area contributed by atoms with Crippen LogP contribution in [0.4, 0.5) is 0 Å². The van der Waals surface area contributed by atoms with E-state index in [9.17, 15) is 0 Å². The topological polar surface area (TPSA) is 73.3 Å². The van der Waals surface area contributed by atoms with Gasteiger partial charge in [0.05, 0.1) is 32.9 Å². The smallest absolute Gasteiger partial charge is 0.214 e. The van der Waals surface area contributed by atoms with Gasteiger partial charge in [0, 0.05) is 11.1 Å². The number of benzene rings is 2. The maximum absolute atomic E-state index is 6.47. The lowest BCUT2D eigenvalue weighted by atomic mass is 10.2. The Morgan fingerprint density at radius 3 is 2.62 bits per heavy atom. The van der Waals surface area contributed by atoms with E-state index in [1.165, 1.54) is 0 Å². The molecule has 154 valence electrons. The van der Waals surface area contributed by atoms with Crippen LogP contribution in [-0.2, 0) is 6.54 Å². The van der Waals surface area contributed by atoms with Crippen LogP contribution in [0.5, 0.6) is 17.2 Å². The summed E-state index contributed by atoms with van der Waals surface area (Å²) in [5.74, 6) is 2.55. The van der Waals surface area contributed by atoms with Gasteiger partial charge in [0.2, 0.25) is 4.77 Å². The Bertz CT molecular complexity index is 1030. The van der Waals surface area contributed by atoms with Crippen LogP contribution in [0.15, 0.2) is 36.4 Å². The quantitative estimate of drug-likeness (QED) is 0.471. The molecule has 3 rings (SSSR count). The van der Waals surface area contributed by atoms with Crippen LogP contribution in [0.2, 0.25) is 5.02 Å². The van der Waals surface area contributed by atoms with Gasteiger partial charge < -0.3 is 19.6 Å². The van der Waals surface area contributed by atoms with Crippen molar-refractivity contribution in [2.45, 2.75) is 19.9 Å². The van der Waals surface area contributed by atoms with Gasteiger partial charge in [0.25, 0.3) is 0 Å². The highest BCUT2D eigenvalue weighted by Crippen LogP contribution is 2.34. The van der Waals surface area contributed by atoms with Gasteiger partial charge in [-0.05, 0) is 42.4 Å². The van der Waals surface area contributed by atoms with Crippen LogP contribution in [0.1, 0.15) is 18.9 Å². The van der Waals surface area contributed by atoms with Gasteiger partial charge in [-0.1, -0.05) is 30.7 Å². The molecule has 0 aliphatic carbocycles. The fourth-order valence-electron chi connectivity index (χ4n) is 2.81. The maximum Gasteiger partial charge on any atom is 0.214 e. The number of hydrogen-bond acceptors (Lipinski definition) is 6. The number of aromatic amines is 1. The summed E-state index contributed by atoms with van der Waals surface area (Å²) < 4.78 is 18.7. The fourth-order valence-corrected chi connectivity index (χ4v) is 3.23. The van der Waals surface area contributed by atoms with Crippen molar-refractivity contribution in [3.05, 3.63) is 51.8 Å². The Morgan fingerprint density at radius 2 is 1.90 bits per heavy atom. The third kappa shape index (κ3) is 4.65. The molecule has 0 atom stereocenters. The van der Waals surface area contributed by atoms with Crippen molar-refractivity contribution >= 4 is 23.8 Å². The maximum atomic E-state index is 6.47. The number of para-hydroxylation sites is 1. The van der Waals surface area contributed by atoms with Crippen LogP contribution in [-0.4, -0.2) is 35.7 Å². The average Bonchev–Trinajstić information content (AvgIpc) is 3.11. The molecule has 0 fully saturated rings. The SMILES string of the molecule is CCCOc1cc(Cl)c(CNn2c(-c3ccccc3OC)n[nH]c2=S)cc1OC. The summed E-state index contributed by atoms with van der Waals surface area (Å²) in [6, 6.07) is 11.2. The minimum atomic E-state index is 0.402. The molecule has 2 aromatic carbocycles. The van der Waals surface area contributed by atoms with Crippen molar-refractivity contribution in [2.24, 2.45) is 0 Å². The number of nitrogens with zero attached hydrogens (tertiary/aromatic N) is 2. The third-order valence-electron chi connectivity index (χ3n) is 4.24. The predicted octanol–water partition coefficient (Wildman–Crippen LogP) is 4.81. The fraction of sp³-hybridized carbons (Fsp3) is 0.300. The van der Waals surface area contributed by atoms with Gasteiger partial charge in [-0.15, -0.1) is 0 Å². The number of ether oxygens (including phenoxy) is 3. The van der Waals surface area contributed by atoms with Gasteiger partial charge in [-0.3, -0.25) is 0 Å². The molecule has 7 nitrogen and oxygen atoms in total. The molecule has 29 heavy (non-hydrogen) atoms. The Balaban J connectivity index is 1.88. The first-order valence-corrected chi connectivity index (χ1v) is 9.91. The van der Waals surface area contributed by atoms with Crippen molar-refractivity contribution in [2.75, 3.05) is 26.3 Å². The Morgan fingerprint density at radius 1 is 1.14 bits per heavy atom. The normalized spacial score (nSPS) is 10.6. The zero-order chi connectivity index (χ0) is 20.8. The molecular weight excluding hydrogens is 412 g/mol. The summed E-state index contributed by atoms with van der Waals surface area (Å²) in [4.78, 5) is 0. The predicted molar refractivity (Wildman–Crippen MR) is 116 cm³/mol. The van der Waals surface area contributed by atoms with E-state index in [1.54, 1.807) is 25.0 Å². The number of H-pyrrole nitrogens is 1. The number of nitrogens with one attached hydrogen (secondary N) is 2. The molecule has 1 aromatic heterocycles. The molecule has 0 saturated carbocycles. The van der Waals surface area contributed by atoms with Gasteiger partial charge in [-0.25, -0.2) is 9.77 Å². The second kappa shape index (κ2) is 9.67. The summed E-state index contributed by atoms with van der Waals surface area (Å²) in [5.41, 5.74) is 4.91. The zero-order valence-corrected chi connectivity index (χ0v) is 18.1. The van der Waals surface area contributed by atoms with E-state index in [1.807, 2.05) is 37.3 Å². The highest BCUT2D eigenvalue weighted by atomic mass is 35.5. The summed E-state index contributed by atoms with van der Waals surface area (Å²) in [7, 11) is 3.22. The molecule has 0 aliphatic heterocycles. The lowest BCUT2D eigenvalue weighted by Gasteiger charge is -2.15. The summed E-state index contributed by atoms with van der Waals surface area (Å²) in [6.07, 6.45) is 0.897. The van der Waals surface area contributed by atoms with Gasteiger partial charge >= 0.3 is 0 Å². The molecule has 2 N–H and O–H groups in total. The van der Waals surface area contributed by atoms with Gasteiger partial charge in [0.1, 0.15) is 5.75 Å². The molecule has 0 radical (unpaired) electrons. The van der Waals surface area contributed by atoms with E-state index in [2.05, 4.69) is 15.6 Å². The minimum Gasteiger partial charge on any atom is -0.496 e. The van der Waals surface area contributed by atoms with E-state index >= 15 is 0 Å². The molecule has 0 saturated heterocycles. The van der Waals surface area contributed by atoms with E-state index in [4.69, 9.17) is 38.0 Å². The van der Waals surface area contributed by atoms with Crippen LogP contribution in [0.3, 0.4) is 0 Å². The molecule has 0 amide bonds. The molecule has 9 heteroatoms. The second-order valence-electron chi connectivity index (χ2n) is 6.17. The number of rotatable bonds is 9. The first-order chi connectivity index (χ1) is 14.1. The van der Waals surface area contributed by atoms with Crippen LogP contribution >= 0.6 is 23.8 Å². The van der Waals surface area contributed by atoms with Gasteiger partial charge in [0.15, 0.2) is 17.3 Å². The number of hydrogen-bond donors (Lipinski definition) is 2. The zero-order valence-electron chi connectivity index (χ0n) is 16.5. The monoisotopic (exact) mass is 434 g/mol. The molecule has 0 bridgehead atoms. The largest absolute Gasteiger partial charge is 0.496 e. The lowest BCUT2D eigenvalue weighted by molar-refractivity contribution is 0.294. The summed E-state index contributed by atoms with van der Waals surface area (Å²) >= 11 is 11.8. The molecule has 0 aliphatic rings. The Kier molecular flexibility index (Phi) is 7.00. The van der Waals surface area contributed by atoms with Crippen LogP contribution in [0, 0.1) is 4.77 Å². The Hall–Kier alpha value is -2.71. The van der Waals surface area contributed by atoms with Crippen molar-refractivity contribution in [3.8, 4) is 28.6 Å². The standard InChI is InChI=1S/C20H23ClN4O3S/c1-4-9-28-18-11-15(21)13(10-17(18)27-3)12-22-25-19(23-24-20(25)29)14-7-5-6-8-16(14)26-2/h5-8,10-11,22H,4,9,12H2,1-3H3,(H,24,29). The summed E-state index contributed by atoms with van der Waals surface area (Å²) in [5, 5.41) is 7.72. The van der Waals surface area contributed by atoms with Crippen molar-refractivity contribution in [1.29, 1.82) is 0 Å². The number of halogens is 1. The molecule has 3 aromatic rings. The van der Waals surface area contributed by atoms with Crippen molar-refractivity contribution in [3.63, 3.8) is 0 Å². The lowest BCUT2D eigenvalue weighted by Crippen LogP contribution is -2.16. The second-order valence-corrected chi connectivity index (χ2v) is 6.96. The first-order valence-electron chi connectivity index (χ1n) is 9.12. The number of aromatic nitrogens is 3. The minimum absolute atomic E-state index is 0.402. The van der Waals surface area contributed by atoms with Crippen LogP contribution < -0.4 is 19.6 Å². The van der Waals surface area contributed by atoms with E-state index in [0.29, 0.717) is 46.0 Å². The van der Waals surface area contributed by atoms with Crippen molar-refractivity contribution in [1.82, 2.24) is 14.9 Å². The average molecular weight is 435 g/mol. The first kappa shape index (κ1) is 21.0. The van der Waals surface area contributed by atoms with Crippen LogP contribution in [0.25, 0.3) is 11.4 Å². The molecule has 0 unspecified atom stereocenters. The van der Waals surface area contributed by atoms with Crippen molar-refractivity contribution < 1.29 is 14.2 Å². The van der Waals surface area contributed by atoms with E-state index in [0.717, 1.165) is 17.5 Å². The summed E-state index contributed by atoms with van der Waals surface area (Å²) in [6.45, 7) is 3.04. The van der Waals surface area contributed by atoms with E-state index in [-0.39, 0.29) is 0 Å². The van der Waals surface area contributed by atoms with Gasteiger partial charge in [-0.2, -0.15) is 5.10 Å². The number of methoxy groups -OCH3 is 2. The van der Waals surface area contributed by atoms with E-state index < -0.39 is 0 Å². The highest BCUT2D eigenvalue weighted by Gasteiger charge is 2.15. The third-order valence-corrected chi connectivity index (χ3v) is 4.87. The molecule has 0 spiro atoms.